The number of Topliss-reactive ketones (excluding diaryl/α,β-unsaturated/α-hetero) is 1. The number of hydrogen-bond acceptors (Lipinski definition) is 3. The summed E-state index contributed by atoms with van der Waals surface area (Å²) in [6.45, 7) is 4.20. The monoisotopic (exact) mass is 309 g/mol. The average Bonchev–Trinajstić information content (AvgIpc) is 2.46. The zero-order chi connectivity index (χ0) is 15.8. The highest BCUT2D eigenvalue weighted by atomic mass is 32.2. The molecule has 1 rings (SSSR count). The van der Waals surface area contributed by atoms with Gasteiger partial charge < -0.3 is 4.90 Å². The van der Waals surface area contributed by atoms with Crippen LogP contribution in [-0.4, -0.2) is 34.7 Å². The van der Waals surface area contributed by atoms with Crippen LogP contribution < -0.4 is 0 Å². The average molecular weight is 309 g/mol. The zero-order valence-corrected chi connectivity index (χ0v) is 14.4. The van der Waals surface area contributed by atoms with E-state index in [4.69, 9.17) is 0 Å². The van der Waals surface area contributed by atoms with Crippen LogP contribution in [0, 0.1) is 0 Å². The van der Waals surface area contributed by atoms with Crippen LogP contribution in [0.3, 0.4) is 0 Å². The van der Waals surface area contributed by atoms with Gasteiger partial charge in [-0.15, -0.1) is 0 Å². The molecule has 0 fully saturated rings. The molecular weight excluding hydrogens is 282 g/mol. The van der Waals surface area contributed by atoms with Crippen molar-refractivity contribution < 1.29 is 9.00 Å². The Morgan fingerprint density at radius 3 is 2.52 bits per heavy atom. The van der Waals surface area contributed by atoms with Crippen molar-refractivity contribution in [1.82, 2.24) is 4.90 Å². The summed E-state index contributed by atoms with van der Waals surface area (Å²) < 4.78 is 12.5. The van der Waals surface area contributed by atoms with Gasteiger partial charge in [0.2, 0.25) is 0 Å². The predicted molar refractivity (Wildman–Crippen MR) is 89.0 cm³/mol. The Labute approximate surface area is 131 Å². The molecule has 0 N–H and O–H groups in total. The van der Waals surface area contributed by atoms with E-state index in [0.717, 1.165) is 29.7 Å². The molecule has 4 heteroatoms. The van der Waals surface area contributed by atoms with Crippen LogP contribution in [0.2, 0.25) is 0 Å². The summed E-state index contributed by atoms with van der Waals surface area (Å²) in [6.07, 6.45) is 3.61. The van der Waals surface area contributed by atoms with Gasteiger partial charge in [0.15, 0.2) is 0 Å². The van der Waals surface area contributed by atoms with E-state index < -0.39 is 10.8 Å². The normalized spacial score (nSPS) is 14.1. The molecule has 0 spiro atoms. The molecule has 0 aliphatic carbocycles. The first-order valence-electron chi connectivity index (χ1n) is 7.62. The van der Waals surface area contributed by atoms with Gasteiger partial charge in [-0.3, -0.25) is 9.00 Å². The summed E-state index contributed by atoms with van der Waals surface area (Å²) in [5.41, 5.74) is 1.04. The van der Waals surface area contributed by atoms with E-state index in [1.54, 1.807) is 0 Å². The summed E-state index contributed by atoms with van der Waals surface area (Å²) >= 11 is 0. The molecule has 0 saturated heterocycles. The fourth-order valence-corrected chi connectivity index (χ4v) is 3.50. The van der Waals surface area contributed by atoms with Gasteiger partial charge in [0, 0.05) is 17.4 Å². The second kappa shape index (κ2) is 9.11. The molecule has 1 unspecified atom stereocenters. The molecule has 2 atom stereocenters. The van der Waals surface area contributed by atoms with E-state index in [9.17, 15) is 9.00 Å². The molecule has 0 radical (unpaired) electrons. The van der Waals surface area contributed by atoms with Crippen molar-refractivity contribution in [2.75, 3.05) is 19.8 Å². The summed E-state index contributed by atoms with van der Waals surface area (Å²) in [5.74, 6) is 0.245. The van der Waals surface area contributed by atoms with E-state index >= 15 is 0 Å². The number of carbonyl (C=O) groups excluding carboxylic acids is 1. The highest BCUT2D eigenvalue weighted by molar-refractivity contribution is 7.85. The van der Waals surface area contributed by atoms with Crippen molar-refractivity contribution in [1.29, 1.82) is 0 Å². The van der Waals surface area contributed by atoms with Crippen LogP contribution in [0.15, 0.2) is 29.2 Å². The number of benzene rings is 1. The fourth-order valence-electron chi connectivity index (χ4n) is 2.18. The van der Waals surface area contributed by atoms with Crippen molar-refractivity contribution in [2.45, 2.75) is 50.5 Å². The maximum atomic E-state index is 12.5. The molecule has 0 amide bonds. The Morgan fingerprint density at radius 1 is 1.24 bits per heavy atom. The van der Waals surface area contributed by atoms with Crippen molar-refractivity contribution >= 4 is 16.6 Å². The van der Waals surface area contributed by atoms with Crippen molar-refractivity contribution in [3.05, 3.63) is 29.8 Å². The SMILES string of the molecule is CCCCCC(=O)CS(=O)c1ccccc1[C@@H](C)N(C)C. The quantitative estimate of drug-likeness (QED) is 0.654. The first-order chi connectivity index (χ1) is 9.97. The standard InChI is InChI=1S/C17H27NO2S/c1-5-6-7-10-15(19)13-21(20)17-12-9-8-11-16(17)14(2)18(3)4/h8-9,11-12,14H,5-7,10,13H2,1-4H3/t14-,21?/m1/s1. The number of nitrogens with zero attached hydrogens (tertiary/aromatic N) is 1. The Balaban J connectivity index is 2.76. The molecule has 0 aromatic heterocycles. The first kappa shape index (κ1) is 18.1. The molecular formula is C17H27NO2S. The van der Waals surface area contributed by atoms with Gasteiger partial charge in [-0.05, 0) is 39.1 Å². The third-order valence-electron chi connectivity index (χ3n) is 3.74. The van der Waals surface area contributed by atoms with Crippen LogP contribution >= 0.6 is 0 Å². The van der Waals surface area contributed by atoms with Crippen LogP contribution in [0.1, 0.15) is 51.1 Å². The maximum Gasteiger partial charge on any atom is 0.145 e. The van der Waals surface area contributed by atoms with Gasteiger partial charge in [0.25, 0.3) is 0 Å². The van der Waals surface area contributed by atoms with E-state index in [1.807, 2.05) is 38.4 Å². The summed E-state index contributed by atoms with van der Waals surface area (Å²) in [7, 11) is 2.76. The Kier molecular flexibility index (Phi) is 7.83. The lowest BCUT2D eigenvalue weighted by atomic mass is 10.1. The summed E-state index contributed by atoms with van der Waals surface area (Å²) in [6, 6.07) is 7.91. The van der Waals surface area contributed by atoms with Gasteiger partial charge in [-0.2, -0.15) is 0 Å². The van der Waals surface area contributed by atoms with E-state index in [-0.39, 0.29) is 17.6 Å². The van der Waals surface area contributed by atoms with Crippen LogP contribution in [0.5, 0.6) is 0 Å². The molecule has 0 heterocycles. The minimum absolute atomic E-state index is 0.106. The first-order valence-corrected chi connectivity index (χ1v) is 8.94. The molecule has 21 heavy (non-hydrogen) atoms. The Morgan fingerprint density at radius 2 is 1.90 bits per heavy atom. The van der Waals surface area contributed by atoms with Crippen molar-refractivity contribution in [3.8, 4) is 0 Å². The minimum atomic E-state index is -1.24. The lowest BCUT2D eigenvalue weighted by Gasteiger charge is -2.22. The Hall–Kier alpha value is -1.00. The number of unbranched alkanes of at least 4 members (excludes halogenated alkanes) is 2. The van der Waals surface area contributed by atoms with Crippen LogP contribution in [0.25, 0.3) is 0 Å². The Bertz CT molecular complexity index is 485. The largest absolute Gasteiger partial charge is 0.303 e. The maximum absolute atomic E-state index is 12.5. The molecule has 118 valence electrons. The number of ketones is 1. The molecule has 0 saturated carbocycles. The highest BCUT2D eigenvalue weighted by Crippen LogP contribution is 2.24. The highest BCUT2D eigenvalue weighted by Gasteiger charge is 2.18. The predicted octanol–water partition coefficient (Wildman–Crippen LogP) is 3.57. The lowest BCUT2D eigenvalue weighted by molar-refractivity contribution is -0.116. The smallest absolute Gasteiger partial charge is 0.145 e. The van der Waals surface area contributed by atoms with E-state index in [2.05, 4.69) is 18.7 Å². The molecule has 3 nitrogen and oxygen atoms in total. The third-order valence-corrected chi connectivity index (χ3v) is 5.19. The topological polar surface area (TPSA) is 37.4 Å². The second-order valence-electron chi connectivity index (χ2n) is 5.66. The molecule has 1 aromatic rings. The van der Waals surface area contributed by atoms with Gasteiger partial charge >= 0.3 is 0 Å². The van der Waals surface area contributed by atoms with E-state index in [1.165, 1.54) is 0 Å². The number of rotatable bonds is 9. The molecule has 0 aliphatic rings. The van der Waals surface area contributed by atoms with E-state index in [0.29, 0.717) is 6.42 Å². The fraction of sp³-hybridized carbons (Fsp3) is 0.588. The van der Waals surface area contributed by atoms with Gasteiger partial charge in [-0.25, -0.2) is 0 Å². The summed E-state index contributed by atoms with van der Waals surface area (Å²) in [5, 5.41) is 0. The zero-order valence-electron chi connectivity index (χ0n) is 13.6. The summed E-state index contributed by atoms with van der Waals surface area (Å²) in [4.78, 5) is 14.8. The molecule has 0 aliphatic heterocycles. The lowest BCUT2D eigenvalue weighted by Crippen LogP contribution is -2.19. The van der Waals surface area contributed by atoms with Crippen molar-refractivity contribution in [2.24, 2.45) is 0 Å². The van der Waals surface area contributed by atoms with Gasteiger partial charge in [0.05, 0.1) is 16.6 Å². The van der Waals surface area contributed by atoms with Crippen LogP contribution in [0.4, 0.5) is 0 Å². The molecule has 0 bridgehead atoms. The number of carbonyl (C=O) groups is 1. The molecule has 1 aromatic carbocycles. The second-order valence-corrected chi connectivity index (χ2v) is 7.08. The van der Waals surface area contributed by atoms with Gasteiger partial charge in [0.1, 0.15) is 5.78 Å². The third kappa shape index (κ3) is 5.71. The van der Waals surface area contributed by atoms with Crippen LogP contribution in [-0.2, 0) is 15.6 Å². The van der Waals surface area contributed by atoms with Gasteiger partial charge in [-0.1, -0.05) is 38.0 Å². The minimum Gasteiger partial charge on any atom is -0.303 e. The number of hydrogen-bond donors (Lipinski definition) is 0. The van der Waals surface area contributed by atoms with Crippen molar-refractivity contribution in [3.63, 3.8) is 0 Å².